The first kappa shape index (κ1) is 74.1. The fraction of sp³-hybridized carbons (Fsp3) is 0. The van der Waals surface area contributed by atoms with Crippen molar-refractivity contribution in [2.45, 2.75) is 0 Å². The van der Waals surface area contributed by atoms with Crippen molar-refractivity contribution in [1.82, 2.24) is 0 Å². The van der Waals surface area contributed by atoms with Gasteiger partial charge in [-0.05, 0) is 0 Å². The Morgan fingerprint density at radius 2 is 0.800 bits per heavy atom. The minimum atomic E-state index is 0. The molecule has 5 heavy (non-hydrogen) atoms. The summed E-state index contributed by atoms with van der Waals surface area (Å²) in [7, 11) is 0. The van der Waals surface area contributed by atoms with Crippen molar-refractivity contribution in [1.29, 1.82) is 0 Å². The third kappa shape index (κ3) is 26.7. The second kappa shape index (κ2) is 43.0. The normalized spacial score (nSPS) is 0. The second-order valence-electron chi connectivity index (χ2n) is 0. The average molecular weight is 164 g/mol. The molecule has 32 valence electrons. The minimum Gasteiger partial charge on any atom is -2.00 e. The molecule has 0 heterocycles. The molecule has 0 fully saturated rings. The van der Waals surface area contributed by atoms with E-state index in [1.807, 2.05) is 0 Å². The van der Waals surface area contributed by atoms with Crippen LogP contribution in [-0.4, -0.2) is 5.48 Å². The van der Waals surface area contributed by atoms with Crippen molar-refractivity contribution in [3.05, 3.63) is 0 Å². The van der Waals surface area contributed by atoms with E-state index in [0.29, 0.717) is 0 Å². The van der Waals surface area contributed by atoms with Crippen LogP contribution in [0.2, 0.25) is 0 Å². The van der Waals surface area contributed by atoms with Crippen LogP contribution in [0.25, 0.3) is 0 Å². The fourth-order valence-corrected chi connectivity index (χ4v) is 0. The van der Waals surface area contributed by atoms with E-state index in [4.69, 9.17) is 0 Å². The van der Waals surface area contributed by atoms with E-state index in [0.717, 1.165) is 0 Å². The zero-order valence-corrected chi connectivity index (χ0v) is 6.51. The maximum absolute atomic E-state index is 0. The maximum Gasteiger partial charge on any atom is 4.00 e. The summed E-state index contributed by atoms with van der Waals surface area (Å²) in [5, 5.41) is 0. The quantitative estimate of drug-likeness (QED) is 0.423. The molecule has 0 rings (SSSR count). The van der Waals surface area contributed by atoms with Crippen LogP contribution < -0.4 is 0 Å². The first-order valence-electron chi connectivity index (χ1n) is 0. The molecule has 0 amide bonds. The average Bonchev–Trinajstić information content (AvgIpc) is 0. The second-order valence-corrected chi connectivity index (χ2v) is 0. The largest absolute Gasteiger partial charge is 4.00 e. The summed E-state index contributed by atoms with van der Waals surface area (Å²) >= 11 is 0. The van der Waals surface area contributed by atoms with E-state index < -0.39 is 0 Å². The monoisotopic (exact) mass is 164 g/mol. The molecule has 0 aromatic rings. The van der Waals surface area contributed by atoms with Gasteiger partial charge in [-0.15, -0.1) is 0 Å². The van der Waals surface area contributed by atoms with Crippen molar-refractivity contribution >= 4 is 40.5 Å². The summed E-state index contributed by atoms with van der Waals surface area (Å²) in [4.78, 5) is 0. The van der Waals surface area contributed by atoms with Gasteiger partial charge in [0, 0.05) is 0 Å². The van der Waals surface area contributed by atoms with Crippen molar-refractivity contribution in [2.24, 2.45) is 0 Å². The van der Waals surface area contributed by atoms with Crippen LogP contribution in [0.5, 0.6) is 0 Å². The SMILES string of the molecule is O.S.[S-2].[S-2].[Ti+4]. The number of hydrogen-bond acceptors (Lipinski definition) is 0. The van der Waals surface area contributed by atoms with Crippen LogP contribution in [0.4, 0.5) is 0 Å². The van der Waals surface area contributed by atoms with Gasteiger partial charge in [-0.1, -0.05) is 0 Å². The Hall–Kier alpha value is 1.72. The Morgan fingerprint density at radius 3 is 0.800 bits per heavy atom. The van der Waals surface area contributed by atoms with E-state index in [1.54, 1.807) is 0 Å². The molecular formula is H4OS3Ti. The minimum absolute atomic E-state index is 0. The van der Waals surface area contributed by atoms with Crippen LogP contribution in [0.15, 0.2) is 0 Å². The molecule has 0 unspecified atom stereocenters. The molecule has 0 radical (unpaired) electrons. The van der Waals surface area contributed by atoms with Gasteiger partial charge in [-0.25, -0.2) is 0 Å². The molecule has 0 atom stereocenters. The molecule has 0 saturated carbocycles. The Balaban J connectivity index is 0. The zero-order chi connectivity index (χ0) is 0. The third-order valence-electron chi connectivity index (χ3n) is 0. The molecule has 0 aliphatic carbocycles. The summed E-state index contributed by atoms with van der Waals surface area (Å²) in [5.74, 6) is 0. The van der Waals surface area contributed by atoms with Gasteiger partial charge in [0.05, 0.1) is 0 Å². The van der Waals surface area contributed by atoms with Gasteiger partial charge >= 0.3 is 21.7 Å². The molecule has 5 heteroatoms. The molecule has 0 saturated heterocycles. The first-order valence-corrected chi connectivity index (χ1v) is 0. The van der Waals surface area contributed by atoms with Gasteiger partial charge < -0.3 is 32.5 Å². The Bertz CT molecular complexity index is 6.85. The number of hydrogen-bond donors (Lipinski definition) is 0. The summed E-state index contributed by atoms with van der Waals surface area (Å²) in [6, 6.07) is 0. The molecule has 0 aromatic heterocycles. The van der Waals surface area contributed by atoms with E-state index in [1.165, 1.54) is 0 Å². The first-order chi connectivity index (χ1) is 0. The molecular weight excluding hydrogens is 160 g/mol. The van der Waals surface area contributed by atoms with Gasteiger partial charge in [0.25, 0.3) is 0 Å². The van der Waals surface area contributed by atoms with Crippen molar-refractivity contribution < 1.29 is 27.2 Å². The van der Waals surface area contributed by atoms with Gasteiger partial charge in [0.1, 0.15) is 0 Å². The van der Waals surface area contributed by atoms with Crippen LogP contribution in [0.3, 0.4) is 0 Å². The smallest absolute Gasteiger partial charge is 2.00 e. The summed E-state index contributed by atoms with van der Waals surface area (Å²) in [6.07, 6.45) is 0. The molecule has 0 bridgehead atoms. The number of rotatable bonds is 0. The van der Waals surface area contributed by atoms with Crippen LogP contribution in [0.1, 0.15) is 0 Å². The Kier molecular flexibility index (Phi) is 637. The van der Waals surface area contributed by atoms with Gasteiger partial charge in [0.2, 0.25) is 0 Å². The molecule has 1 nitrogen and oxygen atoms in total. The van der Waals surface area contributed by atoms with E-state index in [2.05, 4.69) is 0 Å². The van der Waals surface area contributed by atoms with Crippen molar-refractivity contribution in [3.63, 3.8) is 0 Å². The standard InChI is InChI=1S/H2O.H2S.2S.Ti/h2*1H2;;;/q;;2*-2;+4. The maximum atomic E-state index is 0. The molecule has 0 aliphatic heterocycles. The third-order valence-corrected chi connectivity index (χ3v) is 0. The van der Waals surface area contributed by atoms with Crippen LogP contribution >= 0.6 is 13.5 Å². The van der Waals surface area contributed by atoms with Gasteiger partial charge in [-0.2, -0.15) is 13.5 Å². The van der Waals surface area contributed by atoms with Crippen LogP contribution in [0, 0.1) is 0 Å². The van der Waals surface area contributed by atoms with E-state index in [-0.39, 0.29) is 67.7 Å². The molecule has 2 N–H and O–H groups in total. The van der Waals surface area contributed by atoms with Gasteiger partial charge in [0.15, 0.2) is 0 Å². The zero-order valence-electron chi connectivity index (χ0n) is 2.32. The summed E-state index contributed by atoms with van der Waals surface area (Å²) in [5.41, 5.74) is 0. The van der Waals surface area contributed by atoms with Crippen molar-refractivity contribution in [2.75, 3.05) is 0 Å². The van der Waals surface area contributed by atoms with Crippen LogP contribution in [-0.2, 0) is 48.7 Å². The van der Waals surface area contributed by atoms with Crippen molar-refractivity contribution in [3.8, 4) is 0 Å². The van der Waals surface area contributed by atoms with Gasteiger partial charge in [-0.3, -0.25) is 0 Å². The fourth-order valence-electron chi connectivity index (χ4n) is 0. The van der Waals surface area contributed by atoms with E-state index in [9.17, 15) is 0 Å². The Morgan fingerprint density at radius 1 is 0.800 bits per heavy atom. The Labute approximate surface area is 67.4 Å². The molecule has 0 spiro atoms. The summed E-state index contributed by atoms with van der Waals surface area (Å²) < 4.78 is 0. The molecule has 0 aromatic carbocycles. The topological polar surface area (TPSA) is 31.5 Å². The molecule has 0 aliphatic rings. The summed E-state index contributed by atoms with van der Waals surface area (Å²) in [6.45, 7) is 0. The van der Waals surface area contributed by atoms with E-state index >= 15 is 0 Å². The predicted molar refractivity (Wildman–Crippen MR) is 28.7 cm³/mol. The predicted octanol–water partition coefficient (Wildman–Crippen LogP) is -0.719.